The number of nitrogens with zero attached hydrogens (tertiary/aromatic N) is 1. The molecule has 0 saturated carbocycles. The van der Waals surface area contributed by atoms with Crippen LogP contribution in [0, 0.1) is 5.92 Å². The quantitative estimate of drug-likeness (QED) is 0.777. The number of piperidine rings is 1. The molecule has 2 rings (SSSR count). The molecule has 1 aliphatic rings. The molecule has 2 heterocycles. The standard InChI is InChI=1S/C16H22N2O5/c1-2-3-8-17-14(19)11-6-9-18(10-7-11)15(20)12-4-5-13(23-12)16(21)22/h4-5,11H,2-3,6-10H2,1H3,(H,17,19)(H,21,22). The fourth-order valence-corrected chi connectivity index (χ4v) is 2.60. The van der Waals surface area contributed by atoms with Crippen molar-refractivity contribution in [2.75, 3.05) is 19.6 Å². The van der Waals surface area contributed by atoms with Gasteiger partial charge in [-0.1, -0.05) is 13.3 Å². The summed E-state index contributed by atoms with van der Waals surface area (Å²) in [6.07, 6.45) is 3.22. The molecule has 1 aromatic heterocycles. The average Bonchev–Trinajstić information content (AvgIpc) is 3.05. The van der Waals surface area contributed by atoms with E-state index < -0.39 is 5.97 Å². The number of carbonyl (C=O) groups is 3. The number of hydrogen-bond donors (Lipinski definition) is 2. The maximum absolute atomic E-state index is 12.3. The van der Waals surface area contributed by atoms with Crippen LogP contribution in [-0.4, -0.2) is 47.4 Å². The minimum absolute atomic E-state index is 0.0215. The van der Waals surface area contributed by atoms with Crippen molar-refractivity contribution in [1.29, 1.82) is 0 Å². The molecule has 1 aromatic rings. The van der Waals surface area contributed by atoms with Crippen LogP contribution in [0.1, 0.15) is 53.7 Å². The maximum atomic E-state index is 12.3. The minimum Gasteiger partial charge on any atom is -0.475 e. The Morgan fingerprint density at radius 1 is 1.26 bits per heavy atom. The van der Waals surface area contributed by atoms with Gasteiger partial charge in [0.2, 0.25) is 11.7 Å². The predicted molar refractivity (Wildman–Crippen MR) is 82.2 cm³/mol. The van der Waals surface area contributed by atoms with Gasteiger partial charge in [0.15, 0.2) is 5.76 Å². The summed E-state index contributed by atoms with van der Waals surface area (Å²) < 4.78 is 5.03. The molecular weight excluding hydrogens is 300 g/mol. The van der Waals surface area contributed by atoms with E-state index in [4.69, 9.17) is 9.52 Å². The van der Waals surface area contributed by atoms with E-state index in [1.807, 2.05) is 0 Å². The first-order valence-electron chi connectivity index (χ1n) is 7.93. The molecule has 0 radical (unpaired) electrons. The molecule has 0 unspecified atom stereocenters. The number of likely N-dealkylation sites (tertiary alicyclic amines) is 1. The second-order valence-electron chi connectivity index (χ2n) is 5.68. The Hall–Kier alpha value is -2.31. The summed E-state index contributed by atoms with van der Waals surface area (Å²) in [7, 11) is 0. The van der Waals surface area contributed by atoms with Crippen LogP contribution in [0.25, 0.3) is 0 Å². The van der Waals surface area contributed by atoms with E-state index in [0.29, 0.717) is 32.5 Å². The summed E-state index contributed by atoms with van der Waals surface area (Å²) in [6.45, 7) is 3.70. The average molecular weight is 322 g/mol. The summed E-state index contributed by atoms with van der Waals surface area (Å²) in [5, 5.41) is 11.7. The highest BCUT2D eigenvalue weighted by molar-refractivity contribution is 5.93. The van der Waals surface area contributed by atoms with E-state index in [1.54, 1.807) is 4.90 Å². The summed E-state index contributed by atoms with van der Waals surface area (Å²) >= 11 is 0. The van der Waals surface area contributed by atoms with Gasteiger partial charge in [-0.15, -0.1) is 0 Å². The third kappa shape index (κ3) is 4.34. The third-order valence-corrected chi connectivity index (χ3v) is 4.01. The Labute approximate surface area is 134 Å². The first-order chi connectivity index (χ1) is 11.0. The van der Waals surface area contributed by atoms with Crippen molar-refractivity contribution in [3.63, 3.8) is 0 Å². The predicted octanol–water partition coefficient (Wildman–Crippen LogP) is 1.75. The van der Waals surface area contributed by atoms with Gasteiger partial charge in [0, 0.05) is 25.6 Å². The number of carboxylic acids is 1. The Morgan fingerprint density at radius 2 is 1.91 bits per heavy atom. The number of amides is 2. The molecule has 7 nitrogen and oxygen atoms in total. The molecule has 1 saturated heterocycles. The molecule has 1 fully saturated rings. The summed E-state index contributed by atoms with van der Waals surface area (Å²) in [5.74, 6) is -1.78. The van der Waals surface area contributed by atoms with Crippen LogP contribution in [0.3, 0.4) is 0 Å². The molecule has 2 amide bonds. The largest absolute Gasteiger partial charge is 0.475 e. The minimum atomic E-state index is -1.20. The third-order valence-electron chi connectivity index (χ3n) is 4.01. The van der Waals surface area contributed by atoms with Crippen LogP contribution in [0.2, 0.25) is 0 Å². The van der Waals surface area contributed by atoms with E-state index in [9.17, 15) is 14.4 Å². The molecule has 0 aliphatic carbocycles. The lowest BCUT2D eigenvalue weighted by Gasteiger charge is -2.30. The summed E-state index contributed by atoms with van der Waals surface area (Å²) in [4.78, 5) is 36.6. The molecule has 0 atom stereocenters. The fourth-order valence-electron chi connectivity index (χ4n) is 2.60. The van der Waals surface area contributed by atoms with Crippen molar-refractivity contribution in [1.82, 2.24) is 10.2 Å². The van der Waals surface area contributed by atoms with Gasteiger partial charge in [0.1, 0.15) is 0 Å². The molecule has 0 bridgehead atoms. The van der Waals surface area contributed by atoms with Crippen LogP contribution < -0.4 is 5.32 Å². The zero-order valence-electron chi connectivity index (χ0n) is 13.2. The highest BCUT2D eigenvalue weighted by Gasteiger charge is 2.29. The first kappa shape index (κ1) is 17.1. The van der Waals surface area contributed by atoms with Crippen LogP contribution in [0.4, 0.5) is 0 Å². The number of carboxylic acid groups (broad SMARTS) is 1. The monoisotopic (exact) mass is 322 g/mol. The number of aromatic carboxylic acids is 1. The number of furan rings is 1. The highest BCUT2D eigenvalue weighted by atomic mass is 16.4. The molecule has 2 N–H and O–H groups in total. The molecule has 1 aliphatic heterocycles. The molecular formula is C16H22N2O5. The van der Waals surface area contributed by atoms with Crippen LogP contribution in [0.15, 0.2) is 16.5 Å². The normalized spacial score (nSPS) is 15.4. The van der Waals surface area contributed by atoms with E-state index in [2.05, 4.69) is 12.2 Å². The van der Waals surface area contributed by atoms with Gasteiger partial charge in [-0.25, -0.2) is 4.79 Å². The van der Waals surface area contributed by atoms with E-state index in [0.717, 1.165) is 12.8 Å². The lowest BCUT2D eigenvalue weighted by molar-refractivity contribution is -0.126. The van der Waals surface area contributed by atoms with E-state index in [-0.39, 0.29) is 29.3 Å². The Bertz CT molecular complexity index is 573. The zero-order chi connectivity index (χ0) is 16.8. The summed E-state index contributed by atoms with van der Waals surface area (Å²) in [6, 6.07) is 2.64. The van der Waals surface area contributed by atoms with Crippen molar-refractivity contribution >= 4 is 17.8 Å². The van der Waals surface area contributed by atoms with Gasteiger partial charge in [-0.2, -0.15) is 0 Å². The van der Waals surface area contributed by atoms with Crippen LogP contribution >= 0.6 is 0 Å². The molecule has 0 aromatic carbocycles. The molecule has 126 valence electrons. The van der Waals surface area contributed by atoms with Gasteiger partial charge in [0.05, 0.1) is 0 Å². The fraction of sp³-hybridized carbons (Fsp3) is 0.562. The van der Waals surface area contributed by atoms with Gasteiger partial charge in [-0.3, -0.25) is 9.59 Å². The highest BCUT2D eigenvalue weighted by Crippen LogP contribution is 2.20. The number of rotatable bonds is 6. The van der Waals surface area contributed by atoms with Crippen molar-refractivity contribution in [3.8, 4) is 0 Å². The molecule has 23 heavy (non-hydrogen) atoms. The summed E-state index contributed by atoms with van der Waals surface area (Å²) in [5.41, 5.74) is 0. The lowest BCUT2D eigenvalue weighted by Crippen LogP contribution is -2.43. The number of carbonyl (C=O) groups excluding carboxylic acids is 2. The van der Waals surface area contributed by atoms with Crippen LogP contribution in [0.5, 0.6) is 0 Å². The topological polar surface area (TPSA) is 99.9 Å². The van der Waals surface area contributed by atoms with Crippen molar-refractivity contribution in [2.45, 2.75) is 32.6 Å². The van der Waals surface area contributed by atoms with Crippen molar-refractivity contribution in [2.24, 2.45) is 5.92 Å². The Kier molecular flexibility index (Phi) is 5.78. The van der Waals surface area contributed by atoms with Gasteiger partial charge in [0.25, 0.3) is 5.91 Å². The Balaban J connectivity index is 1.84. The molecule has 7 heteroatoms. The van der Waals surface area contributed by atoms with Gasteiger partial charge in [-0.05, 0) is 31.4 Å². The second kappa shape index (κ2) is 7.80. The molecule has 0 spiro atoms. The van der Waals surface area contributed by atoms with Gasteiger partial charge >= 0.3 is 5.97 Å². The number of unbranched alkanes of at least 4 members (excludes halogenated alkanes) is 1. The number of hydrogen-bond acceptors (Lipinski definition) is 4. The second-order valence-corrected chi connectivity index (χ2v) is 5.68. The number of nitrogens with one attached hydrogen (secondary N) is 1. The van der Waals surface area contributed by atoms with Crippen molar-refractivity contribution in [3.05, 3.63) is 23.7 Å². The maximum Gasteiger partial charge on any atom is 0.371 e. The van der Waals surface area contributed by atoms with E-state index >= 15 is 0 Å². The Morgan fingerprint density at radius 3 is 2.48 bits per heavy atom. The van der Waals surface area contributed by atoms with Crippen LogP contribution in [-0.2, 0) is 4.79 Å². The van der Waals surface area contributed by atoms with E-state index in [1.165, 1.54) is 12.1 Å². The smallest absolute Gasteiger partial charge is 0.371 e. The zero-order valence-corrected chi connectivity index (χ0v) is 13.2. The SMILES string of the molecule is CCCCNC(=O)C1CCN(C(=O)c2ccc(C(=O)O)o2)CC1. The van der Waals surface area contributed by atoms with Crippen molar-refractivity contribution < 1.29 is 23.9 Å². The lowest BCUT2D eigenvalue weighted by atomic mass is 9.95. The van der Waals surface area contributed by atoms with Gasteiger partial charge < -0.3 is 19.7 Å². The first-order valence-corrected chi connectivity index (χ1v) is 7.93.